The third-order valence-corrected chi connectivity index (χ3v) is 4.73. The Labute approximate surface area is 156 Å². The van der Waals surface area contributed by atoms with Gasteiger partial charge in [-0.25, -0.2) is 9.18 Å². The lowest BCUT2D eigenvalue weighted by Gasteiger charge is -2.38. The number of hydrogen-bond donors (Lipinski definition) is 0. The van der Waals surface area contributed by atoms with Gasteiger partial charge in [0.2, 0.25) is 0 Å². The smallest absolute Gasteiger partial charge is 0.409 e. The molecule has 0 radical (unpaired) electrons. The third kappa shape index (κ3) is 4.72. The molecule has 26 heavy (non-hydrogen) atoms. The van der Waals surface area contributed by atoms with Crippen LogP contribution in [-0.2, 0) is 19.1 Å². The highest BCUT2D eigenvalue weighted by atomic mass is 35.5. The van der Waals surface area contributed by atoms with Gasteiger partial charge in [0, 0.05) is 12.5 Å². The molecule has 1 aliphatic rings. The second-order valence-electron chi connectivity index (χ2n) is 6.02. The Morgan fingerprint density at radius 2 is 2.08 bits per heavy atom. The summed E-state index contributed by atoms with van der Waals surface area (Å²) in [4.78, 5) is 37.5. The number of likely N-dealkylation sites (tertiary alicyclic amines) is 1. The molecule has 0 N–H and O–H groups in total. The van der Waals surface area contributed by atoms with E-state index in [4.69, 9.17) is 21.1 Å². The first-order valence-electron chi connectivity index (χ1n) is 8.35. The van der Waals surface area contributed by atoms with Crippen molar-refractivity contribution < 1.29 is 28.2 Å². The van der Waals surface area contributed by atoms with E-state index in [0.29, 0.717) is 12.0 Å². The third-order valence-electron chi connectivity index (χ3n) is 4.42. The van der Waals surface area contributed by atoms with Crippen molar-refractivity contribution in [3.63, 3.8) is 0 Å². The van der Waals surface area contributed by atoms with Crippen molar-refractivity contribution in [2.24, 2.45) is 5.92 Å². The normalized spacial score (nSPS) is 19.8. The average molecular weight is 386 g/mol. The largest absolute Gasteiger partial charge is 0.466 e. The molecule has 0 saturated carbocycles. The lowest BCUT2D eigenvalue weighted by Crippen LogP contribution is -2.43. The number of amides is 1. The summed E-state index contributed by atoms with van der Waals surface area (Å²) in [5.41, 5.74) is 0.519. The van der Waals surface area contributed by atoms with Gasteiger partial charge in [-0.1, -0.05) is 17.7 Å². The van der Waals surface area contributed by atoms with Crippen molar-refractivity contribution in [3.05, 3.63) is 34.6 Å². The highest BCUT2D eigenvalue weighted by molar-refractivity contribution is 6.30. The van der Waals surface area contributed by atoms with Gasteiger partial charge in [-0.3, -0.25) is 9.59 Å². The van der Waals surface area contributed by atoms with Crippen molar-refractivity contribution >= 4 is 29.4 Å². The summed E-state index contributed by atoms with van der Waals surface area (Å²) in [5, 5.41) is -0.0240. The maximum atomic E-state index is 13.9. The molecule has 0 aromatic heterocycles. The second-order valence-corrected chi connectivity index (χ2v) is 6.43. The molecule has 1 aliphatic heterocycles. The summed E-state index contributed by atoms with van der Waals surface area (Å²) >= 11 is 5.73. The molecule has 0 unspecified atom stereocenters. The quantitative estimate of drug-likeness (QED) is 0.572. The van der Waals surface area contributed by atoms with Crippen molar-refractivity contribution in [3.8, 4) is 0 Å². The molecule has 8 heteroatoms. The number of nitrogens with zero attached hydrogens (tertiary/aromatic N) is 1. The molecule has 6 nitrogen and oxygen atoms in total. The molecule has 142 valence electrons. The van der Waals surface area contributed by atoms with Crippen LogP contribution in [-0.4, -0.2) is 43.0 Å². The van der Waals surface area contributed by atoms with Crippen LogP contribution in [0.4, 0.5) is 9.18 Å². The number of ether oxygens (including phenoxy) is 2. The van der Waals surface area contributed by atoms with Crippen molar-refractivity contribution in [1.82, 2.24) is 4.90 Å². The Balaban J connectivity index is 2.21. The summed E-state index contributed by atoms with van der Waals surface area (Å²) in [6.07, 6.45) is -0.186. The maximum absolute atomic E-state index is 13.9. The van der Waals surface area contributed by atoms with Gasteiger partial charge in [0.25, 0.3) is 0 Å². The van der Waals surface area contributed by atoms with Crippen LogP contribution in [0.2, 0.25) is 5.02 Å². The summed E-state index contributed by atoms with van der Waals surface area (Å²) in [7, 11) is 1.26. The highest BCUT2D eigenvalue weighted by Gasteiger charge is 2.36. The number of esters is 1. The van der Waals surface area contributed by atoms with Crippen molar-refractivity contribution in [2.45, 2.75) is 32.2 Å². The van der Waals surface area contributed by atoms with Gasteiger partial charge in [0.05, 0.1) is 24.8 Å². The first-order valence-corrected chi connectivity index (χ1v) is 8.73. The summed E-state index contributed by atoms with van der Waals surface area (Å²) < 4.78 is 23.5. The van der Waals surface area contributed by atoms with Gasteiger partial charge in [0.15, 0.2) is 0 Å². The van der Waals surface area contributed by atoms with Gasteiger partial charge in [0.1, 0.15) is 18.0 Å². The zero-order chi connectivity index (χ0) is 19.3. The van der Waals surface area contributed by atoms with E-state index in [-0.39, 0.29) is 36.8 Å². The van der Waals surface area contributed by atoms with Crippen molar-refractivity contribution in [1.29, 1.82) is 0 Å². The van der Waals surface area contributed by atoms with E-state index in [1.54, 1.807) is 13.0 Å². The fourth-order valence-corrected chi connectivity index (χ4v) is 3.25. The SMILES string of the molecule is CCOC(=O)CC(=O)[C@H]1CCN(C(=O)OC)[C@@H](c2ccc(Cl)c(F)c2)C1. The predicted molar refractivity (Wildman–Crippen MR) is 92.2 cm³/mol. The number of Topliss-reactive ketones (excluding diaryl/α,β-unsaturated/α-hetero) is 1. The average Bonchev–Trinajstić information content (AvgIpc) is 2.63. The number of rotatable bonds is 5. The Morgan fingerprint density at radius 3 is 2.69 bits per heavy atom. The van der Waals surface area contributed by atoms with Crippen LogP contribution < -0.4 is 0 Å². The fourth-order valence-electron chi connectivity index (χ4n) is 3.13. The van der Waals surface area contributed by atoms with Crippen LogP contribution in [0.1, 0.15) is 37.8 Å². The summed E-state index contributed by atoms with van der Waals surface area (Å²) in [5.74, 6) is -1.84. The van der Waals surface area contributed by atoms with E-state index in [9.17, 15) is 18.8 Å². The Morgan fingerprint density at radius 1 is 1.35 bits per heavy atom. The number of carbonyl (C=O) groups excluding carboxylic acids is 3. The van der Waals surface area contributed by atoms with Crippen LogP contribution in [0.5, 0.6) is 0 Å². The molecule has 1 aromatic rings. The van der Waals surface area contributed by atoms with Crippen LogP contribution in [0, 0.1) is 11.7 Å². The molecule has 2 atom stereocenters. The molecule has 2 rings (SSSR count). The molecule has 1 amide bonds. The van der Waals surface area contributed by atoms with Gasteiger partial charge >= 0.3 is 12.1 Å². The molecule has 0 aliphatic carbocycles. The number of carbonyl (C=O) groups is 3. The van der Waals surface area contributed by atoms with Crippen LogP contribution in [0.3, 0.4) is 0 Å². The van der Waals surface area contributed by atoms with E-state index in [1.165, 1.54) is 24.1 Å². The van der Waals surface area contributed by atoms with Gasteiger partial charge in [-0.05, 0) is 37.5 Å². The second kappa shape index (κ2) is 8.98. The summed E-state index contributed by atoms with van der Waals surface area (Å²) in [6.45, 7) is 2.14. The Kier molecular flexibility index (Phi) is 6.97. The van der Waals surface area contributed by atoms with Crippen LogP contribution in [0.25, 0.3) is 0 Å². The number of hydrogen-bond acceptors (Lipinski definition) is 5. The predicted octanol–water partition coefficient (Wildman–Crippen LogP) is 3.52. The zero-order valence-electron chi connectivity index (χ0n) is 14.7. The van der Waals surface area contributed by atoms with Gasteiger partial charge < -0.3 is 14.4 Å². The minimum atomic E-state index is -0.603. The number of benzene rings is 1. The standard InChI is InChI=1S/C18H21ClFNO5/c1-3-26-17(23)10-16(22)12-6-7-21(18(24)25-2)15(9-12)11-4-5-13(19)14(20)8-11/h4-5,8,12,15H,3,6-7,9-10H2,1-2H3/t12-,15+/m0/s1. The zero-order valence-corrected chi connectivity index (χ0v) is 15.4. The minimum Gasteiger partial charge on any atom is -0.466 e. The van der Waals surface area contributed by atoms with E-state index in [0.717, 1.165) is 0 Å². The molecule has 1 fully saturated rings. The van der Waals surface area contributed by atoms with Gasteiger partial charge in [-0.2, -0.15) is 0 Å². The molecule has 0 bridgehead atoms. The number of methoxy groups -OCH3 is 1. The van der Waals surface area contributed by atoms with E-state index in [2.05, 4.69) is 0 Å². The molecule has 1 saturated heterocycles. The van der Waals surface area contributed by atoms with Crippen molar-refractivity contribution in [2.75, 3.05) is 20.3 Å². The maximum Gasteiger partial charge on any atom is 0.409 e. The highest BCUT2D eigenvalue weighted by Crippen LogP contribution is 2.36. The number of piperidine rings is 1. The number of halogens is 2. The molecule has 0 spiro atoms. The van der Waals surface area contributed by atoms with Gasteiger partial charge in [-0.15, -0.1) is 0 Å². The minimum absolute atomic E-state index is 0.0240. The van der Waals surface area contributed by atoms with E-state index < -0.39 is 29.8 Å². The van der Waals surface area contributed by atoms with Crippen LogP contribution >= 0.6 is 11.6 Å². The lowest BCUT2D eigenvalue weighted by atomic mass is 9.84. The lowest BCUT2D eigenvalue weighted by molar-refractivity contribution is -0.146. The number of ketones is 1. The summed E-state index contributed by atoms with van der Waals surface area (Å²) in [6, 6.07) is 3.73. The van der Waals surface area contributed by atoms with E-state index >= 15 is 0 Å². The monoisotopic (exact) mass is 385 g/mol. The first kappa shape index (κ1) is 20.2. The molecular formula is C18H21ClFNO5. The molecular weight excluding hydrogens is 365 g/mol. The fraction of sp³-hybridized carbons (Fsp3) is 0.500. The van der Waals surface area contributed by atoms with Crippen LogP contribution in [0.15, 0.2) is 18.2 Å². The Bertz CT molecular complexity index is 696. The van der Waals surface area contributed by atoms with E-state index in [1.807, 2.05) is 0 Å². The topological polar surface area (TPSA) is 72.9 Å². The first-order chi connectivity index (χ1) is 12.4. The molecule has 1 heterocycles. The molecule has 1 aromatic carbocycles. The Hall–Kier alpha value is -2.15.